The molecule has 2 saturated heterocycles. The zero-order chi connectivity index (χ0) is 19.0. The molecule has 2 fully saturated rings. The number of piperidine rings is 1. The molecule has 0 aromatic heterocycles. The van der Waals surface area contributed by atoms with Crippen LogP contribution in [0.25, 0.3) is 0 Å². The van der Waals surface area contributed by atoms with Crippen molar-refractivity contribution in [3.8, 4) is 11.5 Å². The molecule has 1 aromatic carbocycles. The van der Waals surface area contributed by atoms with Gasteiger partial charge < -0.3 is 24.4 Å². The SMILES string of the molecule is O=C(O)C1CCCN(C(=O)C2CCCN2C(=O)c2ccc3c(c2)OCO3)C1. The summed E-state index contributed by atoms with van der Waals surface area (Å²) < 4.78 is 10.6. The first-order valence-electron chi connectivity index (χ1n) is 9.27. The van der Waals surface area contributed by atoms with Crippen molar-refractivity contribution in [1.29, 1.82) is 0 Å². The maximum Gasteiger partial charge on any atom is 0.308 e. The average Bonchev–Trinajstić information content (AvgIpc) is 3.35. The Morgan fingerprint density at radius 1 is 1.04 bits per heavy atom. The van der Waals surface area contributed by atoms with Crippen LogP contribution in [0.15, 0.2) is 18.2 Å². The van der Waals surface area contributed by atoms with E-state index in [1.165, 1.54) is 0 Å². The predicted molar refractivity (Wildman–Crippen MR) is 93.6 cm³/mol. The lowest BCUT2D eigenvalue weighted by Crippen LogP contribution is -2.51. The molecular formula is C19H22N2O6. The highest BCUT2D eigenvalue weighted by molar-refractivity contribution is 5.98. The van der Waals surface area contributed by atoms with Crippen LogP contribution in [0.1, 0.15) is 36.0 Å². The van der Waals surface area contributed by atoms with Crippen LogP contribution in [0.4, 0.5) is 0 Å². The van der Waals surface area contributed by atoms with Gasteiger partial charge in [-0.3, -0.25) is 14.4 Å². The van der Waals surface area contributed by atoms with Gasteiger partial charge in [0.05, 0.1) is 5.92 Å². The van der Waals surface area contributed by atoms with Gasteiger partial charge in [0.15, 0.2) is 11.5 Å². The highest BCUT2D eigenvalue weighted by atomic mass is 16.7. The van der Waals surface area contributed by atoms with Crippen LogP contribution < -0.4 is 9.47 Å². The van der Waals surface area contributed by atoms with Crippen molar-refractivity contribution in [2.75, 3.05) is 26.4 Å². The molecule has 0 bridgehead atoms. The Morgan fingerprint density at radius 2 is 1.81 bits per heavy atom. The summed E-state index contributed by atoms with van der Waals surface area (Å²) in [4.78, 5) is 40.5. The minimum absolute atomic E-state index is 0.136. The molecular weight excluding hydrogens is 352 g/mol. The van der Waals surface area contributed by atoms with Gasteiger partial charge >= 0.3 is 5.97 Å². The summed E-state index contributed by atoms with van der Waals surface area (Å²) in [5, 5.41) is 9.24. The van der Waals surface area contributed by atoms with E-state index in [9.17, 15) is 19.5 Å². The number of amides is 2. The van der Waals surface area contributed by atoms with Crippen molar-refractivity contribution >= 4 is 17.8 Å². The molecule has 3 aliphatic rings. The maximum atomic E-state index is 13.0. The van der Waals surface area contributed by atoms with Gasteiger partial charge in [-0.05, 0) is 43.9 Å². The number of likely N-dealkylation sites (tertiary alicyclic amines) is 2. The topological polar surface area (TPSA) is 96.4 Å². The van der Waals surface area contributed by atoms with Crippen LogP contribution in [-0.2, 0) is 9.59 Å². The summed E-state index contributed by atoms with van der Waals surface area (Å²) in [5.41, 5.74) is 0.459. The van der Waals surface area contributed by atoms with Gasteiger partial charge in [0.1, 0.15) is 6.04 Å². The molecule has 2 amide bonds. The average molecular weight is 374 g/mol. The number of nitrogens with zero attached hydrogens (tertiary/aromatic N) is 2. The number of aliphatic carboxylic acids is 1. The molecule has 27 heavy (non-hydrogen) atoms. The molecule has 0 saturated carbocycles. The first-order chi connectivity index (χ1) is 13.0. The van der Waals surface area contributed by atoms with E-state index in [-0.39, 0.29) is 25.2 Å². The highest BCUT2D eigenvalue weighted by Gasteiger charge is 2.39. The molecule has 3 heterocycles. The predicted octanol–water partition coefficient (Wildman–Crippen LogP) is 1.34. The highest BCUT2D eigenvalue weighted by Crippen LogP contribution is 2.33. The Balaban J connectivity index is 1.49. The molecule has 144 valence electrons. The maximum absolute atomic E-state index is 13.0. The summed E-state index contributed by atoms with van der Waals surface area (Å²) in [6.07, 6.45) is 2.61. The lowest BCUT2D eigenvalue weighted by molar-refractivity contribution is -0.146. The van der Waals surface area contributed by atoms with Gasteiger partial charge in [0, 0.05) is 25.2 Å². The van der Waals surface area contributed by atoms with Crippen LogP contribution >= 0.6 is 0 Å². The van der Waals surface area contributed by atoms with Crippen molar-refractivity contribution in [3.05, 3.63) is 23.8 Å². The van der Waals surface area contributed by atoms with Crippen LogP contribution in [0.5, 0.6) is 11.5 Å². The van der Waals surface area contributed by atoms with E-state index in [0.29, 0.717) is 49.4 Å². The van der Waals surface area contributed by atoms with E-state index in [1.54, 1.807) is 28.0 Å². The Hall–Kier alpha value is -2.77. The summed E-state index contributed by atoms with van der Waals surface area (Å²) in [6.45, 7) is 1.42. The smallest absolute Gasteiger partial charge is 0.308 e. The third kappa shape index (κ3) is 3.31. The number of hydrogen-bond donors (Lipinski definition) is 1. The van der Waals surface area contributed by atoms with Crippen LogP contribution in [0.3, 0.4) is 0 Å². The largest absolute Gasteiger partial charge is 0.481 e. The number of carboxylic acids is 1. The zero-order valence-electron chi connectivity index (χ0n) is 14.9. The minimum Gasteiger partial charge on any atom is -0.481 e. The lowest BCUT2D eigenvalue weighted by atomic mass is 9.97. The molecule has 2 atom stereocenters. The molecule has 8 heteroatoms. The van der Waals surface area contributed by atoms with Crippen molar-refractivity contribution in [1.82, 2.24) is 9.80 Å². The normalized spacial score (nSPS) is 24.1. The molecule has 1 aromatic rings. The summed E-state index contributed by atoms with van der Waals surface area (Å²) in [5.74, 6) is -0.616. The summed E-state index contributed by atoms with van der Waals surface area (Å²) in [7, 11) is 0. The van der Waals surface area contributed by atoms with Crippen LogP contribution in [-0.4, -0.2) is 65.2 Å². The molecule has 0 radical (unpaired) electrons. The van der Waals surface area contributed by atoms with E-state index in [1.807, 2.05) is 0 Å². The van der Waals surface area contributed by atoms with E-state index < -0.39 is 17.9 Å². The quantitative estimate of drug-likeness (QED) is 0.858. The second kappa shape index (κ2) is 7.09. The second-order valence-corrected chi connectivity index (χ2v) is 7.19. The fraction of sp³-hybridized carbons (Fsp3) is 0.526. The number of ether oxygens (including phenoxy) is 2. The molecule has 0 spiro atoms. The fourth-order valence-corrected chi connectivity index (χ4v) is 4.05. The van der Waals surface area contributed by atoms with Crippen LogP contribution in [0.2, 0.25) is 0 Å². The third-order valence-electron chi connectivity index (χ3n) is 5.50. The Labute approximate surface area is 156 Å². The van der Waals surface area contributed by atoms with E-state index in [2.05, 4.69) is 0 Å². The van der Waals surface area contributed by atoms with Crippen LogP contribution in [0, 0.1) is 5.92 Å². The van der Waals surface area contributed by atoms with E-state index in [4.69, 9.17) is 9.47 Å². The Morgan fingerprint density at radius 3 is 2.63 bits per heavy atom. The fourth-order valence-electron chi connectivity index (χ4n) is 4.05. The number of rotatable bonds is 3. The molecule has 1 N–H and O–H groups in total. The van der Waals surface area contributed by atoms with Crippen molar-refractivity contribution in [2.45, 2.75) is 31.7 Å². The number of benzene rings is 1. The zero-order valence-corrected chi connectivity index (χ0v) is 14.9. The first-order valence-corrected chi connectivity index (χ1v) is 9.27. The number of hydrogen-bond acceptors (Lipinski definition) is 5. The van der Waals surface area contributed by atoms with Crippen molar-refractivity contribution in [3.63, 3.8) is 0 Å². The van der Waals surface area contributed by atoms with E-state index in [0.717, 1.165) is 6.42 Å². The third-order valence-corrected chi connectivity index (χ3v) is 5.50. The van der Waals surface area contributed by atoms with Gasteiger partial charge in [-0.2, -0.15) is 0 Å². The summed E-state index contributed by atoms with van der Waals surface area (Å²) >= 11 is 0. The lowest BCUT2D eigenvalue weighted by Gasteiger charge is -2.34. The van der Waals surface area contributed by atoms with Crippen molar-refractivity contribution < 1.29 is 29.0 Å². The second-order valence-electron chi connectivity index (χ2n) is 7.19. The Bertz CT molecular complexity index is 779. The standard InChI is InChI=1S/C19H22N2O6/c22-17(12-5-6-15-16(9-12)27-11-26-15)21-8-2-4-14(21)18(23)20-7-1-3-13(10-20)19(24)25/h5-6,9,13-14H,1-4,7-8,10-11H2,(H,24,25). The molecule has 4 rings (SSSR count). The van der Waals surface area contributed by atoms with Gasteiger partial charge in [-0.25, -0.2) is 0 Å². The Kier molecular flexibility index (Phi) is 4.63. The number of fused-ring (bicyclic) bond motifs is 1. The van der Waals surface area contributed by atoms with E-state index >= 15 is 0 Å². The van der Waals surface area contributed by atoms with Gasteiger partial charge in [-0.15, -0.1) is 0 Å². The van der Waals surface area contributed by atoms with Gasteiger partial charge in [0.2, 0.25) is 12.7 Å². The number of carboxylic acid groups (broad SMARTS) is 1. The van der Waals surface area contributed by atoms with Crippen molar-refractivity contribution in [2.24, 2.45) is 5.92 Å². The monoisotopic (exact) mass is 374 g/mol. The number of carbonyl (C=O) groups excluding carboxylic acids is 2. The minimum atomic E-state index is -0.868. The molecule has 0 aliphatic carbocycles. The molecule has 2 unspecified atom stereocenters. The van der Waals surface area contributed by atoms with Gasteiger partial charge in [0.25, 0.3) is 5.91 Å². The molecule has 8 nitrogen and oxygen atoms in total. The van der Waals surface area contributed by atoms with Gasteiger partial charge in [-0.1, -0.05) is 0 Å². The number of carbonyl (C=O) groups is 3. The summed E-state index contributed by atoms with van der Waals surface area (Å²) in [6, 6.07) is 4.49. The first kappa shape index (κ1) is 17.6. The molecule has 3 aliphatic heterocycles.